The lowest BCUT2D eigenvalue weighted by Crippen LogP contribution is -1.96. The molecule has 6 heteroatoms. The van der Waals surface area contributed by atoms with Gasteiger partial charge < -0.3 is 5.73 Å². The van der Waals surface area contributed by atoms with Gasteiger partial charge in [0, 0.05) is 10.4 Å². The lowest BCUT2D eigenvalue weighted by molar-refractivity contribution is 0.621. The van der Waals surface area contributed by atoms with E-state index < -0.39 is 0 Å². The first-order valence-corrected chi connectivity index (χ1v) is 7.70. The van der Waals surface area contributed by atoms with Gasteiger partial charge in [0.05, 0.1) is 9.86 Å². The molecule has 0 atom stereocenters. The number of halogens is 2. The van der Waals surface area contributed by atoms with Crippen molar-refractivity contribution in [2.45, 2.75) is 13.3 Å². The molecule has 2 aromatic heterocycles. The highest BCUT2D eigenvalue weighted by Crippen LogP contribution is 2.31. The maximum Gasteiger partial charge on any atom is 0.163 e. The van der Waals surface area contributed by atoms with Gasteiger partial charge in [0.25, 0.3) is 0 Å². The number of thiophene rings is 1. The minimum Gasteiger partial charge on any atom is -0.383 e. The van der Waals surface area contributed by atoms with Crippen molar-refractivity contribution < 1.29 is 4.39 Å². The highest BCUT2D eigenvalue weighted by Gasteiger charge is 2.11. The van der Waals surface area contributed by atoms with Crippen molar-refractivity contribution in [2.75, 3.05) is 5.73 Å². The Bertz CT molecular complexity index is 800. The van der Waals surface area contributed by atoms with Gasteiger partial charge in [-0.05, 0) is 46.6 Å². The summed E-state index contributed by atoms with van der Waals surface area (Å²) in [5.74, 6) is 0.661. The number of nitrogen functional groups attached to an aromatic ring is 1. The van der Waals surface area contributed by atoms with Crippen LogP contribution in [-0.2, 0) is 6.42 Å². The third-order valence-corrected chi connectivity index (χ3v) is 4.78. The second-order valence-electron chi connectivity index (χ2n) is 4.35. The zero-order valence-corrected chi connectivity index (χ0v) is 13.1. The first-order valence-electron chi connectivity index (χ1n) is 6.10. The lowest BCUT2D eigenvalue weighted by Gasteiger charge is -2.03. The minimum absolute atomic E-state index is 0.313. The first-order chi connectivity index (χ1) is 9.58. The zero-order chi connectivity index (χ0) is 14.3. The third kappa shape index (κ3) is 2.29. The molecule has 3 rings (SSSR count). The van der Waals surface area contributed by atoms with Crippen LogP contribution in [0, 0.1) is 5.82 Å². The van der Waals surface area contributed by atoms with E-state index in [4.69, 9.17) is 5.73 Å². The van der Waals surface area contributed by atoms with Crippen molar-refractivity contribution in [1.29, 1.82) is 0 Å². The molecule has 0 aliphatic carbocycles. The molecule has 0 saturated carbocycles. The molecule has 0 radical (unpaired) electrons. The Morgan fingerprint density at radius 2 is 2.10 bits per heavy atom. The van der Waals surface area contributed by atoms with E-state index in [1.54, 1.807) is 23.5 Å². The van der Waals surface area contributed by atoms with E-state index in [2.05, 4.69) is 32.8 Å². The fourth-order valence-electron chi connectivity index (χ4n) is 1.93. The van der Waals surface area contributed by atoms with Crippen LogP contribution in [0.15, 0.2) is 28.7 Å². The van der Waals surface area contributed by atoms with E-state index in [-0.39, 0.29) is 5.82 Å². The van der Waals surface area contributed by atoms with Crippen LogP contribution >= 0.6 is 27.3 Å². The van der Waals surface area contributed by atoms with Crippen LogP contribution in [-0.4, -0.2) is 9.97 Å². The van der Waals surface area contributed by atoms with Crippen LogP contribution < -0.4 is 5.73 Å². The van der Waals surface area contributed by atoms with Crippen LogP contribution in [0.4, 0.5) is 10.2 Å². The monoisotopic (exact) mass is 351 g/mol. The van der Waals surface area contributed by atoms with Crippen LogP contribution in [0.5, 0.6) is 0 Å². The first kappa shape index (κ1) is 13.5. The molecule has 0 aliphatic heterocycles. The van der Waals surface area contributed by atoms with Crippen molar-refractivity contribution in [3.05, 3.63) is 39.4 Å². The quantitative estimate of drug-likeness (QED) is 0.744. The van der Waals surface area contributed by atoms with Crippen molar-refractivity contribution in [2.24, 2.45) is 0 Å². The predicted octanol–water partition coefficient (Wildman–Crippen LogP) is 4.40. The molecule has 0 bridgehead atoms. The van der Waals surface area contributed by atoms with Crippen LogP contribution in [0.25, 0.3) is 21.6 Å². The van der Waals surface area contributed by atoms with Gasteiger partial charge in [-0.3, -0.25) is 0 Å². The van der Waals surface area contributed by atoms with Gasteiger partial charge in [0.1, 0.15) is 16.5 Å². The van der Waals surface area contributed by atoms with Crippen LogP contribution in [0.2, 0.25) is 0 Å². The van der Waals surface area contributed by atoms with E-state index in [0.29, 0.717) is 16.1 Å². The number of aromatic nitrogens is 2. The number of fused-ring (bicyclic) bond motifs is 1. The Morgan fingerprint density at radius 1 is 1.30 bits per heavy atom. The Hall–Kier alpha value is -1.53. The van der Waals surface area contributed by atoms with Crippen LogP contribution in [0.1, 0.15) is 11.8 Å². The second-order valence-corrected chi connectivity index (χ2v) is 6.32. The van der Waals surface area contributed by atoms with Crippen molar-refractivity contribution >= 4 is 43.3 Å². The van der Waals surface area contributed by atoms with Gasteiger partial charge in [-0.1, -0.05) is 6.92 Å². The molecule has 0 saturated heterocycles. The summed E-state index contributed by atoms with van der Waals surface area (Å²) in [5, 5.41) is 0.886. The molecule has 20 heavy (non-hydrogen) atoms. The lowest BCUT2D eigenvalue weighted by atomic mass is 10.2. The van der Waals surface area contributed by atoms with Gasteiger partial charge in [-0.2, -0.15) is 0 Å². The van der Waals surface area contributed by atoms with E-state index in [0.717, 1.165) is 22.2 Å². The summed E-state index contributed by atoms with van der Waals surface area (Å²) in [6.07, 6.45) is 0.942. The van der Waals surface area contributed by atoms with Gasteiger partial charge in [-0.15, -0.1) is 11.3 Å². The summed E-state index contributed by atoms with van der Waals surface area (Å²) in [4.78, 5) is 10.9. The highest BCUT2D eigenvalue weighted by atomic mass is 79.9. The second kappa shape index (κ2) is 5.10. The van der Waals surface area contributed by atoms with E-state index in [1.807, 2.05) is 6.07 Å². The Balaban J connectivity index is 2.18. The van der Waals surface area contributed by atoms with Crippen molar-refractivity contribution in [3.8, 4) is 11.4 Å². The number of benzene rings is 1. The molecular formula is C14H11BrFN3S. The fraction of sp³-hybridized carbons (Fsp3) is 0.143. The molecule has 0 unspecified atom stereocenters. The maximum atomic E-state index is 13.3. The summed E-state index contributed by atoms with van der Waals surface area (Å²) >= 11 is 4.78. The molecule has 3 nitrogen and oxygen atoms in total. The van der Waals surface area contributed by atoms with Crippen molar-refractivity contribution in [1.82, 2.24) is 9.97 Å². The summed E-state index contributed by atoms with van der Waals surface area (Å²) in [5.41, 5.74) is 6.73. The highest BCUT2D eigenvalue weighted by molar-refractivity contribution is 9.10. The zero-order valence-electron chi connectivity index (χ0n) is 10.7. The van der Waals surface area contributed by atoms with Gasteiger partial charge in [0.2, 0.25) is 0 Å². The van der Waals surface area contributed by atoms with Gasteiger partial charge in [-0.25, -0.2) is 14.4 Å². The number of nitrogens with two attached hydrogens (primary N) is 1. The summed E-state index contributed by atoms with van der Waals surface area (Å²) in [6.45, 7) is 2.09. The molecule has 2 N–H and O–H groups in total. The molecule has 1 aromatic carbocycles. The number of aryl methyl sites for hydroxylation is 1. The predicted molar refractivity (Wildman–Crippen MR) is 84.3 cm³/mol. The Labute approximate surface area is 127 Å². The molecule has 0 fully saturated rings. The van der Waals surface area contributed by atoms with Crippen molar-refractivity contribution in [3.63, 3.8) is 0 Å². The Kier molecular flexibility index (Phi) is 3.43. The number of hydrogen-bond acceptors (Lipinski definition) is 4. The average Bonchev–Trinajstić information content (AvgIpc) is 2.85. The number of hydrogen-bond donors (Lipinski definition) is 1. The van der Waals surface area contributed by atoms with Crippen LogP contribution in [0.3, 0.4) is 0 Å². The standard InChI is InChI=1S/C14H11BrFN3S/c1-2-8-6-9-12(17)18-13(19-14(9)20-8)7-3-4-11(16)10(15)5-7/h3-6H,2H2,1H3,(H2,17,18,19). The molecule has 3 aromatic rings. The largest absolute Gasteiger partial charge is 0.383 e. The summed E-state index contributed by atoms with van der Waals surface area (Å²) in [7, 11) is 0. The molecule has 0 amide bonds. The van der Waals surface area contributed by atoms with E-state index in [1.165, 1.54) is 10.9 Å². The number of rotatable bonds is 2. The third-order valence-electron chi connectivity index (χ3n) is 3.00. The molecule has 102 valence electrons. The SMILES string of the molecule is CCc1cc2c(N)nc(-c3ccc(F)c(Br)c3)nc2s1. The summed E-state index contributed by atoms with van der Waals surface area (Å²) < 4.78 is 13.7. The Morgan fingerprint density at radius 3 is 2.80 bits per heavy atom. The molecule has 0 spiro atoms. The number of anilines is 1. The van der Waals surface area contributed by atoms with Gasteiger partial charge >= 0.3 is 0 Å². The maximum absolute atomic E-state index is 13.3. The topological polar surface area (TPSA) is 51.8 Å². The molecule has 0 aliphatic rings. The van der Waals surface area contributed by atoms with E-state index in [9.17, 15) is 4.39 Å². The van der Waals surface area contributed by atoms with E-state index >= 15 is 0 Å². The fourth-order valence-corrected chi connectivity index (χ4v) is 3.29. The number of nitrogens with zero attached hydrogens (tertiary/aromatic N) is 2. The average molecular weight is 352 g/mol. The van der Waals surface area contributed by atoms with Gasteiger partial charge in [0.15, 0.2) is 5.82 Å². The molecule has 2 heterocycles. The molecular weight excluding hydrogens is 341 g/mol. The smallest absolute Gasteiger partial charge is 0.163 e. The summed E-state index contributed by atoms with van der Waals surface area (Å²) in [6, 6.07) is 6.72. The normalized spacial score (nSPS) is 11.2. The minimum atomic E-state index is -0.313.